The van der Waals surface area contributed by atoms with Crippen molar-refractivity contribution < 1.29 is 9.84 Å². The van der Waals surface area contributed by atoms with Gasteiger partial charge in [0.2, 0.25) is 0 Å². The molecule has 0 aromatic heterocycles. The molecule has 0 aromatic carbocycles. The summed E-state index contributed by atoms with van der Waals surface area (Å²) in [5.74, 6) is 0. The molecule has 0 saturated carbocycles. The van der Waals surface area contributed by atoms with Crippen LogP contribution in [0.1, 0.15) is 26.2 Å². The lowest BCUT2D eigenvalue weighted by Crippen LogP contribution is -2.46. The Kier molecular flexibility index (Phi) is 4.99. The molecule has 0 amide bonds. The molecule has 4 nitrogen and oxygen atoms in total. The number of rotatable bonds is 5. The van der Waals surface area contributed by atoms with E-state index in [0.717, 1.165) is 32.5 Å². The van der Waals surface area contributed by atoms with Crippen molar-refractivity contribution in [3.8, 4) is 0 Å². The van der Waals surface area contributed by atoms with E-state index < -0.39 is 5.54 Å². The molecular weight excluding hydrogens is 192 g/mol. The smallest absolute Gasteiger partial charge is 0.0698 e. The molecule has 2 atom stereocenters. The van der Waals surface area contributed by atoms with Crippen molar-refractivity contribution in [3.05, 3.63) is 0 Å². The number of piperidine rings is 1. The Hall–Kier alpha value is -0.160. The number of aliphatic hydroxyl groups is 1. The molecule has 90 valence electrons. The number of hydrogen-bond acceptors (Lipinski definition) is 4. The third-order valence-electron chi connectivity index (χ3n) is 3.16. The molecule has 1 saturated heterocycles. The van der Waals surface area contributed by atoms with Crippen molar-refractivity contribution in [3.63, 3.8) is 0 Å². The second kappa shape index (κ2) is 5.80. The third kappa shape index (κ3) is 4.47. The van der Waals surface area contributed by atoms with Gasteiger partial charge in [0.1, 0.15) is 0 Å². The number of aliphatic hydroxyl groups excluding tert-OH is 1. The molecule has 1 rings (SSSR count). The highest BCUT2D eigenvalue weighted by molar-refractivity contribution is 4.81. The van der Waals surface area contributed by atoms with Crippen LogP contribution in [-0.2, 0) is 4.74 Å². The summed E-state index contributed by atoms with van der Waals surface area (Å²) >= 11 is 0. The summed E-state index contributed by atoms with van der Waals surface area (Å²) in [6, 6.07) is 0. The number of methoxy groups -OCH3 is 1. The summed E-state index contributed by atoms with van der Waals surface area (Å²) < 4.78 is 5.36. The molecule has 15 heavy (non-hydrogen) atoms. The van der Waals surface area contributed by atoms with Gasteiger partial charge < -0.3 is 20.5 Å². The first-order valence-electron chi connectivity index (χ1n) is 5.72. The summed E-state index contributed by atoms with van der Waals surface area (Å²) in [6.07, 6.45) is 3.56. The first-order valence-corrected chi connectivity index (χ1v) is 5.72. The van der Waals surface area contributed by atoms with Crippen LogP contribution in [0, 0.1) is 0 Å². The van der Waals surface area contributed by atoms with Crippen LogP contribution in [0.2, 0.25) is 0 Å². The highest BCUT2D eigenvalue weighted by Crippen LogP contribution is 2.14. The SMILES string of the molecule is COC1CCCN(CCC(C)(N)CO)C1. The van der Waals surface area contributed by atoms with E-state index in [4.69, 9.17) is 15.6 Å². The molecule has 1 fully saturated rings. The Morgan fingerprint density at radius 1 is 1.60 bits per heavy atom. The van der Waals surface area contributed by atoms with Crippen LogP contribution in [-0.4, -0.2) is 55.0 Å². The fourth-order valence-corrected chi connectivity index (χ4v) is 1.90. The number of ether oxygens (including phenoxy) is 1. The van der Waals surface area contributed by atoms with Gasteiger partial charge in [-0.15, -0.1) is 0 Å². The average molecular weight is 216 g/mol. The van der Waals surface area contributed by atoms with Gasteiger partial charge in [-0.05, 0) is 32.7 Å². The Morgan fingerprint density at radius 2 is 2.33 bits per heavy atom. The summed E-state index contributed by atoms with van der Waals surface area (Å²) in [4.78, 5) is 2.37. The lowest BCUT2D eigenvalue weighted by Gasteiger charge is -2.34. The normalized spacial score (nSPS) is 27.6. The number of hydrogen-bond donors (Lipinski definition) is 2. The first kappa shape index (κ1) is 12.9. The van der Waals surface area contributed by atoms with Gasteiger partial charge in [0.25, 0.3) is 0 Å². The standard InChI is InChI=1S/C11H24N2O2/c1-11(12,9-14)5-7-13-6-3-4-10(8-13)15-2/h10,14H,3-9,12H2,1-2H3. The Balaban J connectivity index is 2.26. The summed E-state index contributed by atoms with van der Waals surface area (Å²) in [7, 11) is 1.77. The van der Waals surface area contributed by atoms with Crippen molar-refractivity contribution in [2.75, 3.05) is 33.4 Å². The molecule has 1 aliphatic heterocycles. The van der Waals surface area contributed by atoms with Gasteiger partial charge in [-0.3, -0.25) is 0 Å². The first-order chi connectivity index (χ1) is 7.07. The van der Waals surface area contributed by atoms with E-state index in [1.54, 1.807) is 7.11 Å². The fourth-order valence-electron chi connectivity index (χ4n) is 1.90. The zero-order chi connectivity index (χ0) is 11.3. The van der Waals surface area contributed by atoms with Gasteiger partial charge in [0.15, 0.2) is 0 Å². The molecule has 3 N–H and O–H groups in total. The van der Waals surface area contributed by atoms with E-state index >= 15 is 0 Å². The van der Waals surface area contributed by atoms with E-state index in [2.05, 4.69) is 4.90 Å². The molecule has 1 heterocycles. The number of nitrogens with two attached hydrogens (primary N) is 1. The van der Waals surface area contributed by atoms with Crippen LogP contribution < -0.4 is 5.73 Å². The molecule has 1 aliphatic rings. The number of likely N-dealkylation sites (tertiary alicyclic amines) is 1. The van der Waals surface area contributed by atoms with Crippen LogP contribution >= 0.6 is 0 Å². The highest BCUT2D eigenvalue weighted by Gasteiger charge is 2.22. The molecule has 0 radical (unpaired) electrons. The maximum atomic E-state index is 9.05. The Morgan fingerprint density at radius 3 is 2.93 bits per heavy atom. The van der Waals surface area contributed by atoms with E-state index in [1.807, 2.05) is 6.92 Å². The highest BCUT2D eigenvalue weighted by atomic mass is 16.5. The Bertz CT molecular complexity index is 185. The van der Waals surface area contributed by atoms with Crippen LogP contribution in [0.4, 0.5) is 0 Å². The topological polar surface area (TPSA) is 58.7 Å². The van der Waals surface area contributed by atoms with Gasteiger partial charge in [0, 0.05) is 25.7 Å². The summed E-state index contributed by atoms with van der Waals surface area (Å²) in [5.41, 5.74) is 5.45. The van der Waals surface area contributed by atoms with Crippen LogP contribution in [0.15, 0.2) is 0 Å². The van der Waals surface area contributed by atoms with Gasteiger partial charge in [-0.2, -0.15) is 0 Å². The lowest BCUT2D eigenvalue weighted by molar-refractivity contribution is 0.0278. The number of nitrogens with zero attached hydrogens (tertiary/aromatic N) is 1. The maximum Gasteiger partial charge on any atom is 0.0698 e. The monoisotopic (exact) mass is 216 g/mol. The molecule has 0 aromatic rings. The summed E-state index contributed by atoms with van der Waals surface area (Å²) in [5, 5.41) is 9.05. The van der Waals surface area contributed by atoms with Crippen LogP contribution in [0.5, 0.6) is 0 Å². The minimum atomic E-state index is -0.444. The minimum Gasteiger partial charge on any atom is -0.394 e. The van der Waals surface area contributed by atoms with Gasteiger partial charge in [-0.25, -0.2) is 0 Å². The van der Waals surface area contributed by atoms with Crippen molar-refractivity contribution in [2.45, 2.75) is 37.8 Å². The van der Waals surface area contributed by atoms with E-state index in [9.17, 15) is 0 Å². The van der Waals surface area contributed by atoms with Crippen LogP contribution in [0.3, 0.4) is 0 Å². The van der Waals surface area contributed by atoms with E-state index in [0.29, 0.717) is 6.10 Å². The predicted molar refractivity (Wildman–Crippen MR) is 60.8 cm³/mol. The average Bonchev–Trinajstić information content (AvgIpc) is 2.27. The maximum absolute atomic E-state index is 9.05. The van der Waals surface area contributed by atoms with E-state index in [-0.39, 0.29) is 6.61 Å². The molecule has 2 unspecified atom stereocenters. The van der Waals surface area contributed by atoms with Crippen molar-refractivity contribution in [1.29, 1.82) is 0 Å². The quantitative estimate of drug-likeness (QED) is 0.689. The van der Waals surface area contributed by atoms with E-state index in [1.165, 1.54) is 6.42 Å². The second-order valence-electron chi connectivity index (χ2n) is 4.86. The third-order valence-corrected chi connectivity index (χ3v) is 3.16. The second-order valence-corrected chi connectivity index (χ2v) is 4.86. The van der Waals surface area contributed by atoms with Gasteiger partial charge >= 0.3 is 0 Å². The van der Waals surface area contributed by atoms with Gasteiger partial charge in [-0.1, -0.05) is 0 Å². The minimum absolute atomic E-state index is 0.0501. The van der Waals surface area contributed by atoms with Crippen molar-refractivity contribution in [2.24, 2.45) is 5.73 Å². The van der Waals surface area contributed by atoms with Crippen LogP contribution in [0.25, 0.3) is 0 Å². The lowest BCUT2D eigenvalue weighted by atomic mass is 9.99. The molecule has 0 spiro atoms. The predicted octanol–water partition coefficient (Wildman–Crippen LogP) is 0.197. The van der Waals surface area contributed by atoms with Crippen molar-refractivity contribution >= 4 is 0 Å². The fraction of sp³-hybridized carbons (Fsp3) is 1.00. The molecule has 4 heteroatoms. The zero-order valence-corrected chi connectivity index (χ0v) is 9.91. The Labute approximate surface area is 92.4 Å². The zero-order valence-electron chi connectivity index (χ0n) is 9.91. The molecule has 0 bridgehead atoms. The molecule has 0 aliphatic carbocycles. The van der Waals surface area contributed by atoms with Gasteiger partial charge in [0.05, 0.1) is 12.7 Å². The largest absolute Gasteiger partial charge is 0.394 e. The molecular formula is C11H24N2O2. The summed E-state index contributed by atoms with van der Waals surface area (Å²) in [6.45, 7) is 5.02. The van der Waals surface area contributed by atoms with Crippen molar-refractivity contribution in [1.82, 2.24) is 4.90 Å².